The monoisotopic (exact) mass is 386 g/mol. The molecule has 8 nitrogen and oxygen atoms in total. The Balaban J connectivity index is 1.26. The molecule has 0 aromatic carbocycles. The van der Waals surface area contributed by atoms with Gasteiger partial charge in [-0.25, -0.2) is 4.98 Å². The highest BCUT2D eigenvalue weighted by Gasteiger charge is 2.32. The summed E-state index contributed by atoms with van der Waals surface area (Å²) in [6, 6.07) is 6.15. The molecule has 3 saturated heterocycles. The van der Waals surface area contributed by atoms with Gasteiger partial charge in [-0.3, -0.25) is 14.5 Å². The Labute approximate surface area is 166 Å². The standard InChI is InChI=1S/C20H30N6O2/c27-19-14-21-7-9-26(19)17-4-3-8-25(15-17)20(28)16-23-10-12-24(13-11-23)18-5-1-2-6-22-18/h1-2,5-6,17,21H,3-4,7-16H2. The molecule has 1 atom stereocenters. The number of nitrogens with one attached hydrogen (secondary N) is 1. The zero-order valence-electron chi connectivity index (χ0n) is 16.4. The molecule has 0 saturated carbocycles. The predicted octanol–water partition coefficient (Wildman–Crippen LogP) is -0.374. The minimum absolute atomic E-state index is 0.163. The first-order valence-electron chi connectivity index (χ1n) is 10.4. The number of rotatable bonds is 4. The average molecular weight is 387 g/mol. The Morgan fingerprint density at radius 1 is 1.14 bits per heavy atom. The number of hydrogen-bond donors (Lipinski definition) is 1. The molecule has 0 radical (unpaired) electrons. The predicted molar refractivity (Wildman–Crippen MR) is 107 cm³/mol. The number of nitrogens with zero attached hydrogens (tertiary/aromatic N) is 5. The van der Waals surface area contributed by atoms with Crippen molar-refractivity contribution in [3.8, 4) is 0 Å². The smallest absolute Gasteiger partial charge is 0.236 e. The van der Waals surface area contributed by atoms with Crippen molar-refractivity contribution in [2.45, 2.75) is 18.9 Å². The van der Waals surface area contributed by atoms with Gasteiger partial charge < -0.3 is 20.0 Å². The molecular weight excluding hydrogens is 356 g/mol. The number of carbonyl (C=O) groups is 2. The Morgan fingerprint density at radius 3 is 2.75 bits per heavy atom. The van der Waals surface area contributed by atoms with Crippen LogP contribution >= 0.6 is 0 Å². The zero-order chi connectivity index (χ0) is 19.3. The molecule has 1 unspecified atom stereocenters. The van der Waals surface area contributed by atoms with E-state index in [9.17, 15) is 9.59 Å². The van der Waals surface area contributed by atoms with Gasteiger partial charge in [0.1, 0.15) is 5.82 Å². The van der Waals surface area contributed by atoms with E-state index < -0.39 is 0 Å². The molecule has 152 valence electrons. The van der Waals surface area contributed by atoms with E-state index in [-0.39, 0.29) is 17.9 Å². The van der Waals surface area contributed by atoms with Crippen LogP contribution in [0.2, 0.25) is 0 Å². The van der Waals surface area contributed by atoms with Crippen molar-refractivity contribution in [3.63, 3.8) is 0 Å². The fraction of sp³-hybridized carbons (Fsp3) is 0.650. The summed E-state index contributed by atoms with van der Waals surface area (Å²) in [6.07, 6.45) is 3.79. The molecular formula is C20H30N6O2. The molecule has 1 aromatic heterocycles. The molecule has 0 aliphatic carbocycles. The molecule has 8 heteroatoms. The van der Waals surface area contributed by atoms with Crippen molar-refractivity contribution in [2.75, 3.05) is 70.3 Å². The number of carbonyl (C=O) groups excluding carboxylic acids is 2. The second kappa shape index (κ2) is 8.87. The average Bonchev–Trinajstić information content (AvgIpc) is 2.75. The van der Waals surface area contributed by atoms with Crippen molar-refractivity contribution in [2.24, 2.45) is 0 Å². The molecule has 3 aliphatic heterocycles. The highest BCUT2D eigenvalue weighted by Crippen LogP contribution is 2.18. The lowest BCUT2D eigenvalue weighted by Gasteiger charge is -2.42. The van der Waals surface area contributed by atoms with Crippen LogP contribution in [0.4, 0.5) is 5.82 Å². The Hall–Kier alpha value is -2.19. The van der Waals surface area contributed by atoms with Crippen LogP contribution in [0.25, 0.3) is 0 Å². The van der Waals surface area contributed by atoms with Gasteiger partial charge >= 0.3 is 0 Å². The fourth-order valence-electron chi connectivity index (χ4n) is 4.41. The molecule has 4 rings (SSSR count). The van der Waals surface area contributed by atoms with E-state index in [4.69, 9.17) is 0 Å². The first-order valence-corrected chi connectivity index (χ1v) is 10.4. The number of aromatic nitrogens is 1. The van der Waals surface area contributed by atoms with Gasteiger partial charge in [-0.05, 0) is 25.0 Å². The normalized spacial score (nSPS) is 24.5. The molecule has 28 heavy (non-hydrogen) atoms. The third-order valence-corrected chi connectivity index (χ3v) is 6.02. The molecule has 0 bridgehead atoms. The van der Waals surface area contributed by atoms with Crippen LogP contribution < -0.4 is 10.2 Å². The van der Waals surface area contributed by atoms with E-state index in [1.807, 2.05) is 34.2 Å². The maximum absolute atomic E-state index is 12.9. The van der Waals surface area contributed by atoms with Crippen molar-refractivity contribution in [3.05, 3.63) is 24.4 Å². The van der Waals surface area contributed by atoms with Gasteiger partial charge in [0.2, 0.25) is 11.8 Å². The summed E-state index contributed by atoms with van der Waals surface area (Å²) in [4.78, 5) is 37.9. The highest BCUT2D eigenvalue weighted by atomic mass is 16.2. The topological polar surface area (TPSA) is 72.0 Å². The Bertz CT molecular complexity index is 677. The number of piperidine rings is 1. The highest BCUT2D eigenvalue weighted by molar-refractivity contribution is 5.80. The van der Waals surface area contributed by atoms with E-state index in [0.717, 1.165) is 64.5 Å². The minimum Gasteiger partial charge on any atom is -0.354 e. The SMILES string of the molecule is O=C(CN1CCN(c2ccccn2)CC1)N1CCCC(N2CCNCC2=O)C1. The fourth-order valence-corrected chi connectivity index (χ4v) is 4.41. The van der Waals surface area contributed by atoms with E-state index in [1.165, 1.54) is 0 Å². The largest absolute Gasteiger partial charge is 0.354 e. The lowest BCUT2D eigenvalue weighted by Crippen LogP contribution is -2.58. The Morgan fingerprint density at radius 2 is 2.00 bits per heavy atom. The maximum Gasteiger partial charge on any atom is 0.236 e. The van der Waals surface area contributed by atoms with E-state index in [2.05, 4.69) is 20.1 Å². The van der Waals surface area contributed by atoms with Crippen molar-refractivity contribution in [1.82, 2.24) is 25.0 Å². The van der Waals surface area contributed by atoms with E-state index in [1.54, 1.807) is 0 Å². The number of anilines is 1. The van der Waals surface area contributed by atoms with Crippen LogP contribution in [0.3, 0.4) is 0 Å². The van der Waals surface area contributed by atoms with Crippen LogP contribution in [0, 0.1) is 0 Å². The second-order valence-electron chi connectivity index (χ2n) is 7.85. The van der Waals surface area contributed by atoms with Gasteiger partial charge in [-0.2, -0.15) is 0 Å². The molecule has 1 N–H and O–H groups in total. The van der Waals surface area contributed by atoms with E-state index in [0.29, 0.717) is 19.6 Å². The summed E-state index contributed by atoms with van der Waals surface area (Å²) in [5.74, 6) is 1.36. The van der Waals surface area contributed by atoms with Gasteiger partial charge in [-0.15, -0.1) is 0 Å². The van der Waals surface area contributed by atoms with Gasteiger partial charge in [0.05, 0.1) is 13.1 Å². The van der Waals surface area contributed by atoms with Gasteiger partial charge in [0, 0.05) is 64.6 Å². The second-order valence-corrected chi connectivity index (χ2v) is 7.85. The van der Waals surface area contributed by atoms with Crippen LogP contribution in [0.15, 0.2) is 24.4 Å². The van der Waals surface area contributed by atoms with Crippen LogP contribution in [0.5, 0.6) is 0 Å². The molecule has 2 amide bonds. The van der Waals surface area contributed by atoms with Gasteiger partial charge in [0.25, 0.3) is 0 Å². The lowest BCUT2D eigenvalue weighted by atomic mass is 10.0. The molecule has 0 spiro atoms. The minimum atomic E-state index is 0.163. The first kappa shape index (κ1) is 19.1. The third kappa shape index (κ3) is 4.44. The molecule has 4 heterocycles. The third-order valence-electron chi connectivity index (χ3n) is 6.02. The summed E-state index contributed by atoms with van der Waals surface area (Å²) in [7, 11) is 0. The van der Waals surface area contributed by atoms with Crippen molar-refractivity contribution < 1.29 is 9.59 Å². The maximum atomic E-state index is 12.9. The van der Waals surface area contributed by atoms with E-state index >= 15 is 0 Å². The number of piperazine rings is 2. The Kier molecular flexibility index (Phi) is 6.07. The quantitative estimate of drug-likeness (QED) is 0.761. The van der Waals surface area contributed by atoms with Gasteiger partial charge in [-0.1, -0.05) is 6.07 Å². The van der Waals surface area contributed by atoms with Crippen molar-refractivity contribution >= 4 is 17.6 Å². The number of amides is 2. The summed E-state index contributed by atoms with van der Waals surface area (Å²) in [6.45, 7) is 7.50. The van der Waals surface area contributed by atoms with Crippen molar-refractivity contribution in [1.29, 1.82) is 0 Å². The molecule has 3 fully saturated rings. The summed E-state index contributed by atoms with van der Waals surface area (Å²) < 4.78 is 0. The number of likely N-dealkylation sites (tertiary alicyclic amines) is 1. The summed E-state index contributed by atoms with van der Waals surface area (Å²) in [5, 5.41) is 3.12. The first-order chi connectivity index (χ1) is 13.7. The zero-order valence-corrected chi connectivity index (χ0v) is 16.4. The van der Waals surface area contributed by atoms with Crippen LogP contribution in [-0.4, -0.2) is 103 Å². The summed E-state index contributed by atoms with van der Waals surface area (Å²) in [5.41, 5.74) is 0. The summed E-state index contributed by atoms with van der Waals surface area (Å²) >= 11 is 0. The van der Waals surface area contributed by atoms with Crippen LogP contribution in [0.1, 0.15) is 12.8 Å². The molecule has 1 aromatic rings. The lowest BCUT2D eigenvalue weighted by molar-refractivity contribution is -0.141. The van der Waals surface area contributed by atoms with Gasteiger partial charge in [0.15, 0.2) is 0 Å². The molecule has 3 aliphatic rings. The number of pyridine rings is 1. The number of hydrogen-bond acceptors (Lipinski definition) is 6. The van der Waals surface area contributed by atoms with Crippen LogP contribution in [-0.2, 0) is 9.59 Å².